The van der Waals surface area contributed by atoms with E-state index in [0.29, 0.717) is 0 Å². The first-order valence-electron chi connectivity index (χ1n) is 7.84. The summed E-state index contributed by atoms with van der Waals surface area (Å²) in [6, 6.07) is 17.6. The van der Waals surface area contributed by atoms with Crippen molar-refractivity contribution in [3.63, 3.8) is 0 Å². The zero-order chi connectivity index (χ0) is 16.5. The zero-order valence-electron chi connectivity index (χ0n) is 14.4. The second kappa shape index (κ2) is 9.24. The molecule has 0 aliphatic rings. The van der Waals surface area contributed by atoms with Crippen LogP contribution in [0.2, 0.25) is 0 Å². The van der Waals surface area contributed by atoms with Gasteiger partial charge in [0.05, 0.1) is 0 Å². The molecule has 6 heteroatoms. The van der Waals surface area contributed by atoms with Gasteiger partial charge < -0.3 is 0 Å². The van der Waals surface area contributed by atoms with Gasteiger partial charge in [0, 0.05) is 0 Å². The normalized spacial score (nSPS) is 10.7. The van der Waals surface area contributed by atoms with Crippen molar-refractivity contribution in [1.29, 1.82) is 0 Å². The van der Waals surface area contributed by atoms with E-state index in [9.17, 15) is 0 Å². The Morgan fingerprint density at radius 3 is 1.46 bits per heavy atom. The molecule has 0 amide bonds. The number of halogens is 2. The molecule has 0 spiro atoms. The van der Waals surface area contributed by atoms with Crippen molar-refractivity contribution in [2.45, 2.75) is 13.8 Å². The molecule has 2 aromatic heterocycles. The van der Waals surface area contributed by atoms with Gasteiger partial charge in [0.2, 0.25) is 0 Å². The summed E-state index contributed by atoms with van der Waals surface area (Å²) in [6.45, 7) is 4.28. The van der Waals surface area contributed by atoms with Crippen LogP contribution in [0.1, 0.15) is 11.1 Å². The van der Waals surface area contributed by atoms with Gasteiger partial charge in [-0.05, 0) is 0 Å². The van der Waals surface area contributed by atoms with Crippen molar-refractivity contribution in [3.8, 4) is 0 Å². The van der Waals surface area contributed by atoms with Gasteiger partial charge >= 0.3 is 153 Å². The molecule has 132 valence electrons. The summed E-state index contributed by atoms with van der Waals surface area (Å²) < 4.78 is 3.00. The first kappa shape index (κ1) is 21.3. The largest absolute Gasteiger partial charge is 0.147 e. The molecule has 26 heavy (non-hydrogen) atoms. The second-order valence-corrected chi connectivity index (χ2v) is 13.0. The maximum atomic E-state index is 4.57. The van der Waals surface area contributed by atoms with Crippen LogP contribution in [0.4, 0.5) is 0 Å². The van der Waals surface area contributed by atoms with Gasteiger partial charge in [-0.15, -0.1) is 24.8 Å². The van der Waals surface area contributed by atoms with E-state index in [1.807, 2.05) is 24.5 Å². The van der Waals surface area contributed by atoms with E-state index in [1.54, 1.807) is 0 Å². The van der Waals surface area contributed by atoms with Crippen LogP contribution in [0.3, 0.4) is 0 Å². The Kier molecular flexibility index (Phi) is 7.56. The molecule has 0 fully saturated rings. The van der Waals surface area contributed by atoms with Crippen LogP contribution < -0.4 is 8.70 Å². The molecule has 0 unspecified atom stereocenters. The van der Waals surface area contributed by atoms with Crippen molar-refractivity contribution in [1.82, 2.24) is 9.97 Å². The quantitative estimate of drug-likeness (QED) is 0.389. The van der Waals surface area contributed by atoms with Gasteiger partial charge in [-0.3, -0.25) is 0 Å². The molecule has 2 nitrogen and oxygen atoms in total. The molecule has 4 rings (SSSR count). The van der Waals surface area contributed by atoms with Crippen LogP contribution >= 0.6 is 24.8 Å². The van der Waals surface area contributed by atoms with E-state index >= 15 is 0 Å². The molecule has 0 N–H and O–H groups in total. The van der Waals surface area contributed by atoms with E-state index in [1.165, 1.54) is 30.6 Å². The molecule has 4 aromatic rings. The molecule has 0 aliphatic carbocycles. The molecular formula is C20H18As2Cl2N2. The molecule has 0 atom stereocenters. The van der Waals surface area contributed by atoms with Gasteiger partial charge in [-0.25, -0.2) is 0 Å². The van der Waals surface area contributed by atoms with Crippen molar-refractivity contribution in [2.75, 3.05) is 0 Å². The van der Waals surface area contributed by atoms with Crippen LogP contribution in [0.15, 0.2) is 60.9 Å². The van der Waals surface area contributed by atoms with Crippen LogP contribution in [0.5, 0.6) is 0 Å². The number of hydrogen-bond acceptors (Lipinski definition) is 2. The third-order valence-corrected chi connectivity index (χ3v) is 12.7. The Morgan fingerprint density at radius 2 is 1.04 bits per heavy atom. The summed E-state index contributed by atoms with van der Waals surface area (Å²) in [4.78, 5) is 9.15. The Labute approximate surface area is 176 Å². The van der Waals surface area contributed by atoms with E-state index in [0.717, 1.165) is 11.0 Å². The van der Waals surface area contributed by atoms with Crippen LogP contribution in [0, 0.1) is 13.8 Å². The van der Waals surface area contributed by atoms with Crippen molar-refractivity contribution in [2.24, 2.45) is 0 Å². The smallest absolute Gasteiger partial charge is 0.147 e. The van der Waals surface area contributed by atoms with E-state index < -0.39 is 0 Å². The first-order valence-corrected chi connectivity index (χ1v) is 14.9. The first-order chi connectivity index (χ1) is 11.7. The predicted molar refractivity (Wildman–Crippen MR) is 118 cm³/mol. The summed E-state index contributed by atoms with van der Waals surface area (Å²) in [5.74, 6) is 0. The summed E-state index contributed by atoms with van der Waals surface area (Å²) in [7, 11) is 0. The van der Waals surface area contributed by atoms with E-state index in [4.69, 9.17) is 0 Å². The average molecular weight is 507 g/mol. The standard InChI is InChI=1S/C20H16As2N2.2ClH/c1-13-7-9-17(15-5-3-11-23-19(13)15)21-22-18-10-8-14(2)20-16(18)6-4-12-24-20;;/h3-12H,1-2H3;2*1H. The molecule has 2 heterocycles. The molecule has 2 aromatic carbocycles. The SMILES string of the molecule is Cc1ccc([As]=[As]c2ccc(C)c3ncccc23)c2cccnc12.Cl.Cl. The minimum absolute atomic E-state index is 0. The number of aromatic nitrogens is 2. The van der Waals surface area contributed by atoms with Gasteiger partial charge in [0.15, 0.2) is 0 Å². The van der Waals surface area contributed by atoms with Gasteiger partial charge in [-0.1, -0.05) is 0 Å². The summed E-state index contributed by atoms with van der Waals surface area (Å²) in [6.07, 6.45) is 3.78. The number of fused-ring (bicyclic) bond motifs is 2. The molecular weight excluding hydrogens is 489 g/mol. The molecule has 0 saturated carbocycles. The maximum Gasteiger partial charge on any atom is -0.147 e. The van der Waals surface area contributed by atoms with Crippen LogP contribution in [-0.4, -0.2) is 36.2 Å². The topological polar surface area (TPSA) is 25.8 Å². The molecule has 0 radical (unpaired) electrons. The van der Waals surface area contributed by atoms with Crippen LogP contribution in [-0.2, 0) is 0 Å². The molecule has 0 bridgehead atoms. The maximum absolute atomic E-state index is 4.57. The minimum Gasteiger partial charge on any atom is -0.147 e. The van der Waals surface area contributed by atoms with E-state index in [2.05, 4.69) is 60.2 Å². The molecule has 0 aliphatic heterocycles. The summed E-state index contributed by atoms with van der Waals surface area (Å²) in [5.41, 5.74) is 4.83. The van der Waals surface area contributed by atoms with Crippen molar-refractivity contribution in [3.05, 3.63) is 72.1 Å². The van der Waals surface area contributed by atoms with Crippen LogP contribution in [0.25, 0.3) is 21.8 Å². The monoisotopic (exact) mass is 506 g/mol. The zero-order valence-corrected chi connectivity index (χ0v) is 19.8. The van der Waals surface area contributed by atoms with Gasteiger partial charge in [0.25, 0.3) is 0 Å². The third-order valence-electron chi connectivity index (χ3n) is 4.16. The van der Waals surface area contributed by atoms with Crippen molar-refractivity contribution < 1.29 is 0 Å². The Hall–Kier alpha value is -1.04. The fourth-order valence-electron chi connectivity index (χ4n) is 2.88. The Bertz CT molecular complexity index is 1010. The van der Waals surface area contributed by atoms with Gasteiger partial charge in [0.1, 0.15) is 0 Å². The fraction of sp³-hybridized carbons (Fsp3) is 0.100. The second-order valence-electron chi connectivity index (χ2n) is 5.80. The average Bonchev–Trinajstić information content (AvgIpc) is 2.63. The summed E-state index contributed by atoms with van der Waals surface area (Å²) in [5, 5.41) is 2.67. The number of nitrogens with zero attached hydrogens (tertiary/aromatic N) is 2. The Balaban J connectivity index is 0.00000121. The van der Waals surface area contributed by atoms with E-state index in [-0.39, 0.29) is 51.1 Å². The number of aryl methyl sites for hydroxylation is 2. The Morgan fingerprint density at radius 1 is 0.615 bits per heavy atom. The van der Waals surface area contributed by atoms with Crippen molar-refractivity contribution >= 4 is 81.6 Å². The minimum atomic E-state index is 0. The number of rotatable bonds is 2. The fourth-order valence-corrected chi connectivity index (χ4v) is 11.3. The summed E-state index contributed by atoms with van der Waals surface area (Å²) >= 11 is 0.282. The third kappa shape index (κ3) is 4.10. The number of hydrogen-bond donors (Lipinski definition) is 0. The van der Waals surface area contributed by atoms with Gasteiger partial charge in [-0.2, -0.15) is 0 Å². The molecule has 0 saturated heterocycles. The number of pyridine rings is 2. The predicted octanol–water partition coefficient (Wildman–Crippen LogP) is 3.52. The number of benzene rings is 2.